The molecule has 0 aliphatic heterocycles. The van der Waals surface area contributed by atoms with Crippen molar-refractivity contribution in [3.05, 3.63) is 64.7 Å². The van der Waals surface area contributed by atoms with Gasteiger partial charge < -0.3 is 10.2 Å². The third-order valence-electron chi connectivity index (χ3n) is 5.73. The number of hydrogen-bond acceptors (Lipinski definition) is 5. The van der Waals surface area contributed by atoms with Gasteiger partial charge in [-0.1, -0.05) is 62.2 Å². The summed E-state index contributed by atoms with van der Waals surface area (Å²) in [5, 5.41) is 3.31. The number of hydrogen-bond donors (Lipinski definition) is 1. The van der Waals surface area contributed by atoms with Gasteiger partial charge in [-0.2, -0.15) is 0 Å². The second-order valence-electron chi connectivity index (χ2n) is 8.56. The quantitative estimate of drug-likeness (QED) is 0.308. The van der Waals surface area contributed by atoms with Crippen LogP contribution in [0.4, 0.5) is 5.69 Å². The van der Waals surface area contributed by atoms with Gasteiger partial charge in [-0.05, 0) is 43.5 Å². The number of benzene rings is 2. The van der Waals surface area contributed by atoms with Crippen LogP contribution >= 0.6 is 11.6 Å². The van der Waals surface area contributed by atoms with Crippen molar-refractivity contribution in [1.82, 2.24) is 10.2 Å². The number of ketones is 1. The van der Waals surface area contributed by atoms with Gasteiger partial charge in [0.05, 0.1) is 11.9 Å². The second kappa shape index (κ2) is 13.4. The molecule has 0 saturated heterocycles. The molecule has 2 amide bonds. The minimum atomic E-state index is -3.89. The zero-order valence-electron chi connectivity index (χ0n) is 21.2. The number of carbonyl (C=O) groups is 3. The Kier molecular flexibility index (Phi) is 10.9. The SMILES string of the molecule is CCCCNC(=O)[C@@H](CC)N(Cc1ccccc1Cl)C(=O)CN(c1cccc(C(C)=O)c1)S(C)(=O)=O. The highest BCUT2D eigenvalue weighted by Gasteiger charge is 2.32. The summed E-state index contributed by atoms with van der Waals surface area (Å²) in [4.78, 5) is 39.9. The van der Waals surface area contributed by atoms with E-state index >= 15 is 0 Å². The fourth-order valence-electron chi connectivity index (χ4n) is 3.73. The smallest absolute Gasteiger partial charge is 0.244 e. The molecule has 0 spiro atoms. The van der Waals surface area contributed by atoms with Crippen molar-refractivity contribution in [2.45, 2.75) is 52.6 Å². The van der Waals surface area contributed by atoms with Crippen molar-refractivity contribution >= 4 is 44.9 Å². The second-order valence-corrected chi connectivity index (χ2v) is 10.9. The maximum Gasteiger partial charge on any atom is 0.244 e. The van der Waals surface area contributed by atoms with Gasteiger partial charge in [0.2, 0.25) is 21.8 Å². The van der Waals surface area contributed by atoms with Crippen LogP contribution in [0.15, 0.2) is 48.5 Å². The predicted octanol–water partition coefficient (Wildman–Crippen LogP) is 4.03. The van der Waals surface area contributed by atoms with E-state index < -0.39 is 28.5 Å². The summed E-state index contributed by atoms with van der Waals surface area (Å²) < 4.78 is 26.3. The molecule has 8 nitrogen and oxygen atoms in total. The highest BCUT2D eigenvalue weighted by atomic mass is 35.5. The van der Waals surface area contributed by atoms with E-state index in [4.69, 9.17) is 11.6 Å². The van der Waals surface area contributed by atoms with E-state index in [1.54, 1.807) is 43.3 Å². The molecule has 2 aromatic carbocycles. The summed E-state index contributed by atoms with van der Waals surface area (Å²) in [7, 11) is -3.89. The summed E-state index contributed by atoms with van der Waals surface area (Å²) in [6.07, 6.45) is 3.03. The van der Waals surface area contributed by atoms with E-state index in [1.165, 1.54) is 24.0 Å². The zero-order valence-corrected chi connectivity index (χ0v) is 22.7. The number of sulfonamides is 1. The van der Waals surface area contributed by atoms with Gasteiger partial charge in [0.1, 0.15) is 12.6 Å². The van der Waals surface area contributed by atoms with Crippen LogP contribution in [0.1, 0.15) is 56.0 Å². The summed E-state index contributed by atoms with van der Waals surface area (Å²) in [5.74, 6) is -1.10. The first-order valence-electron chi connectivity index (χ1n) is 11.9. The van der Waals surface area contributed by atoms with E-state index in [9.17, 15) is 22.8 Å². The molecule has 2 aromatic rings. The summed E-state index contributed by atoms with van der Waals surface area (Å²) in [6, 6.07) is 12.3. The van der Waals surface area contributed by atoms with Gasteiger partial charge >= 0.3 is 0 Å². The predicted molar refractivity (Wildman–Crippen MR) is 143 cm³/mol. The van der Waals surface area contributed by atoms with Crippen molar-refractivity contribution in [1.29, 1.82) is 0 Å². The standard InChI is InChI=1S/C26H34ClN3O5S/c1-5-7-15-28-26(33)24(6-2)29(17-21-11-8-9-14-23(21)27)25(32)18-30(36(4,34)35)22-13-10-12-20(16-22)19(3)31/h8-14,16,24H,5-7,15,17-18H2,1-4H3,(H,28,33)/t24-/m1/s1. The zero-order chi connectivity index (χ0) is 26.9. The monoisotopic (exact) mass is 535 g/mol. The van der Waals surface area contributed by atoms with Crippen LogP contribution in [0.5, 0.6) is 0 Å². The Balaban J connectivity index is 2.45. The largest absolute Gasteiger partial charge is 0.354 e. The third-order valence-corrected chi connectivity index (χ3v) is 7.24. The number of amides is 2. The molecule has 1 N–H and O–H groups in total. The molecule has 2 rings (SSSR count). The van der Waals surface area contributed by atoms with Crippen molar-refractivity contribution in [3.63, 3.8) is 0 Å². The molecule has 196 valence electrons. The molecule has 0 bridgehead atoms. The first-order valence-corrected chi connectivity index (χ1v) is 14.1. The molecule has 0 fully saturated rings. The molecule has 0 aliphatic carbocycles. The Morgan fingerprint density at radius 1 is 1.06 bits per heavy atom. The number of nitrogens with one attached hydrogen (secondary N) is 1. The van der Waals surface area contributed by atoms with E-state index in [2.05, 4.69) is 5.32 Å². The fourth-order valence-corrected chi connectivity index (χ4v) is 4.77. The molecule has 0 unspecified atom stereocenters. The minimum absolute atomic E-state index is 0.0311. The average molecular weight is 536 g/mol. The Bertz CT molecular complexity index is 1190. The summed E-state index contributed by atoms with van der Waals surface area (Å²) in [5.41, 5.74) is 1.15. The summed E-state index contributed by atoms with van der Waals surface area (Å²) in [6.45, 7) is 5.16. The lowest BCUT2D eigenvalue weighted by Crippen LogP contribution is -2.52. The maximum atomic E-state index is 13.7. The molecule has 1 atom stereocenters. The Labute approximate surface area is 218 Å². The Morgan fingerprint density at radius 2 is 1.75 bits per heavy atom. The van der Waals surface area contributed by atoms with Gasteiger partial charge in [0, 0.05) is 23.7 Å². The number of anilines is 1. The fraction of sp³-hybridized carbons (Fsp3) is 0.423. The molecule has 36 heavy (non-hydrogen) atoms. The summed E-state index contributed by atoms with van der Waals surface area (Å²) >= 11 is 6.35. The molecule has 0 aliphatic rings. The number of Topliss-reactive ketones (excluding diaryl/α,β-unsaturated/α-hetero) is 1. The first kappa shape index (κ1) is 29.3. The molecule has 0 radical (unpaired) electrons. The van der Waals surface area contributed by atoms with Crippen molar-refractivity contribution in [2.24, 2.45) is 0 Å². The minimum Gasteiger partial charge on any atom is -0.354 e. The van der Waals surface area contributed by atoms with Crippen LogP contribution in [0.25, 0.3) is 0 Å². The van der Waals surface area contributed by atoms with Crippen molar-refractivity contribution < 1.29 is 22.8 Å². The molecular weight excluding hydrogens is 502 g/mol. The maximum absolute atomic E-state index is 13.7. The highest BCUT2D eigenvalue weighted by Crippen LogP contribution is 2.23. The average Bonchev–Trinajstić information content (AvgIpc) is 2.83. The van der Waals surface area contributed by atoms with Gasteiger partial charge in [-0.25, -0.2) is 8.42 Å². The van der Waals surface area contributed by atoms with Crippen molar-refractivity contribution in [3.8, 4) is 0 Å². The van der Waals surface area contributed by atoms with Crippen LogP contribution < -0.4 is 9.62 Å². The number of nitrogens with zero attached hydrogens (tertiary/aromatic N) is 2. The van der Waals surface area contributed by atoms with E-state index in [1.807, 2.05) is 6.92 Å². The van der Waals surface area contributed by atoms with Gasteiger partial charge in [0.25, 0.3) is 0 Å². The van der Waals surface area contributed by atoms with E-state index in [0.29, 0.717) is 29.1 Å². The van der Waals surface area contributed by atoms with Crippen molar-refractivity contribution in [2.75, 3.05) is 23.7 Å². The Hall–Kier alpha value is -2.91. The number of carbonyl (C=O) groups excluding carboxylic acids is 3. The third kappa shape index (κ3) is 8.06. The normalized spacial score (nSPS) is 12.0. The Morgan fingerprint density at radius 3 is 2.33 bits per heavy atom. The number of halogens is 1. The molecule has 0 heterocycles. The highest BCUT2D eigenvalue weighted by molar-refractivity contribution is 7.92. The van der Waals surface area contributed by atoms with Crippen LogP contribution in [0, 0.1) is 0 Å². The molecular formula is C26H34ClN3O5S. The molecule has 0 saturated carbocycles. The van der Waals surface area contributed by atoms with Crippen LogP contribution in [0.2, 0.25) is 5.02 Å². The van der Waals surface area contributed by atoms with E-state index in [-0.39, 0.29) is 23.9 Å². The van der Waals surface area contributed by atoms with Gasteiger partial charge in [-0.3, -0.25) is 18.7 Å². The molecule has 0 aromatic heterocycles. The number of unbranched alkanes of at least 4 members (excludes halogenated alkanes) is 1. The lowest BCUT2D eigenvalue weighted by molar-refractivity contribution is -0.140. The molecule has 10 heteroatoms. The number of rotatable bonds is 13. The lowest BCUT2D eigenvalue weighted by atomic mass is 10.1. The first-order chi connectivity index (χ1) is 17.0. The van der Waals surface area contributed by atoms with Crippen LogP contribution in [-0.4, -0.2) is 56.3 Å². The van der Waals surface area contributed by atoms with Crippen LogP contribution in [0.3, 0.4) is 0 Å². The van der Waals surface area contributed by atoms with Crippen LogP contribution in [-0.2, 0) is 26.2 Å². The van der Waals surface area contributed by atoms with Gasteiger partial charge in [-0.15, -0.1) is 0 Å². The topological polar surface area (TPSA) is 104 Å². The lowest BCUT2D eigenvalue weighted by Gasteiger charge is -2.33. The van der Waals surface area contributed by atoms with E-state index in [0.717, 1.165) is 23.4 Å². The van der Waals surface area contributed by atoms with Gasteiger partial charge in [0.15, 0.2) is 5.78 Å².